The fourth-order valence-corrected chi connectivity index (χ4v) is 3.65. The van der Waals surface area contributed by atoms with Crippen molar-refractivity contribution < 1.29 is 9.47 Å². The molecule has 1 saturated carbocycles. The molecule has 1 fully saturated rings. The summed E-state index contributed by atoms with van der Waals surface area (Å²) in [6.45, 7) is 5.71. The zero-order valence-electron chi connectivity index (χ0n) is 16.7. The Morgan fingerprint density at radius 3 is 2.22 bits per heavy atom. The van der Waals surface area contributed by atoms with Gasteiger partial charge >= 0.3 is 0 Å². The summed E-state index contributed by atoms with van der Waals surface area (Å²) in [4.78, 5) is 0. The summed E-state index contributed by atoms with van der Waals surface area (Å²) < 4.78 is 11.6. The van der Waals surface area contributed by atoms with Gasteiger partial charge in [0.25, 0.3) is 0 Å². The molecule has 1 aliphatic carbocycles. The van der Waals surface area contributed by atoms with Crippen LogP contribution in [0.1, 0.15) is 57.9 Å². The zero-order valence-corrected chi connectivity index (χ0v) is 16.7. The van der Waals surface area contributed by atoms with Crippen molar-refractivity contribution in [3.05, 3.63) is 54.1 Å². The molecule has 0 heterocycles. The van der Waals surface area contributed by atoms with Crippen LogP contribution < -0.4 is 14.8 Å². The Bertz CT molecular complexity index is 658. The van der Waals surface area contributed by atoms with E-state index in [0.717, 1.165) is 36.3 Å². The van der Waals surface area contributed by atoms with Crippen LogP contribution in [0.2, 0.25) is 0 Å². The quantitative estimate of drug-likeness (QED) is 0.553. The molecule has 0 aromatic heterocycles. The predicted molar refractivity (Wildman–Crippen MR) is 113 cm³/mol. The predicted octanol–water partition coefficient (Wildman–Crippen LogP) is 6.44. The molecule has 27 heavy (non-hydrogen) atoms. The van der Waals surface area contributed by atoms with Crippen LogP contribution in [0.15, 0.2) is 48.5 Å². The Morgan fingerprint density at radius 2 is 1.56 bits per heavy atom. The van der Waals surface area contributed by atoms with Crippen molar-refractivity contribution in [2.24, 2.45) is 5.92 Å². The Balaban J connectivity index is 1.39. The molecule has 0 amide bonds. The van der Waals surface area contributed by atoms with Crippen LogP contribution in [-0.2, 0) is 6.54 Å². The molecule has 1 N–H and O–H groups in total. The van der Waals surface area contributed by atoms with Crippen LogP contribution in [0.3, 0.4) is 0 Å². The van der Waals surface area contributed by atoms with Gasteiger partial charge in [-0.05, 0) is 68.1 Å². The zero-order chi connectivity index (χ0) is 18.9. The smallest absolute Gasteiger partial charge is 0.119 e. The van der Waals surface area contributed by atoms with E-state index < -0.39 is 0 Å². The van der Waals surface area contributed by atoms with Crippen molar-refractivity contribution in [3.8, 4) is 11.5 Å². The number of benzene rings is 2. The molecule has 0 atom stereocenters. The first-order valence-corrected chi connectivity index (χ1v) is 10.4. The Hall–Kier alpha value is -2.16. The molecule has 0 spiro atoms. The molecular weight excluding hydrogens is 334 g/mol. The van der Waals surface area contributed by atoms with Gasteiger partial charge in [0.05, 0.1) is 12.7 Å². The van der Waals surface area contributed by atoms with Crippen molar-refractivity contribution in [2.45, 2.75) is 65.0 Å². The summed E-state index contributed by atoms with van der Waals surface area (Å²) in [5.74, 6) is 2.76. The summed E-state index contributed by atoms with van der Waals surface area (Å²) in [7, 11) is 0. The van der Waals surface area contributed by atoms with Crippen molar-refractivity contribution in [1.29, 1.82) is 0 Å². The second-order valence-corrected chi connectivity index (χ2v) is 7.83. The van der Waals surface area contributed by atoms with Gasteiger partial charge in [0, 0.05) is 12.2 Å². The molecule has 1 aliphatic rings. The normalized spacial score (nSPS) is 14.9. The number of hydrogen-bond acceptors (Lipinski definition) is 3. The van der Waals surface area contributed by atoms with Crippen molar-refractivity contribution >= 4 is 5.69 Å². The number of nitrogens with one attached hydrogen (secondary N) is 1. The number of anilines is 1. The van der Waals surface area contributed by atoms with Crippen molar-refractivity contribution in [1.82, 2.24) is 0 Å². The van der Waals surface area contributed by atoms with E-state index in [1.807, 2.05) is 26.0 Å². The first-order chi connectivity index (χ1) is 13.2. The highest BCUT2D eigenvalue weighted by atomic mass is 16.5. The molecule has 3 heteroatoms. The minimum absolute atomic E-state index is 0.206. The monoisotopic (exact) mass is 367 g/mol. The standard InChI is InChI=1S/C24H33NO2/c1-19(2)27-24-12-8-21(9-13-24)18-25-22-10-14-23(15-11-22)26-17-16-20-6-4-3-5-7-20/h8-15,19-20,25H,3-7,16-18H2,1-2H3. The van der Waals surface area contributed by atoms with Gasteiger partial charge < -0.3 is 14.8 Å². The van der Waals surface area contributed by atoms with Crippen LogP contribution in [0, 0.1) is 5.92 Å². The Kier molecular flexibility index (Phi) is 7.44. The molecular formula is C24H33NO2. The Labute approximate surface area is 164 Å². The molecule has 2 aromatic rings. The topological polar surface area (TPSA) is 30.5 Å². The third kappa shape index (κ3) is 6.82. The van der Waals surface area contributed by atoms with Crippen LogP contribution >= 0.6 is 0 Å². The number of rotatable bonds is 9. The maximum Gasteiger partial charge on any atom is 0.119 e. The van der Waals surface area contributed by atoms with Gasteiger partial charge in [0.2, 0.25) is 0 Å². The molecule has 146 valence electrons. The summed E-state index contributed by atoms with van der Waals surface area (Å²) >= 11 is 0. The lowest BCUT2D eigenvalue weighted by Crippen LogP contribution is -2.10. The largest absolute Gasteiger partial charge is 0.494 e. The lowest BCUT2D eigenvalue weighted by atomic mass is 9.87. The van der Waals surface area contributed by atoms with Gasteiger partial charge in [-0.3, -0.25) is 0 Å². The molecule has 2 aromatic carbocycles. The summed E-state index contributed by atoms with van der Waals surface area (Å²) in [6, 6.07) is 16.6. The van der Waals surface area contributed by atoms with Crippen molar-refractivity contribution in [2.75, 3.05) is 11.9 Å². The first kappa shape index (κ1) is 19.6. The van der Waals surface area contributed by atoms with Crippen LogP contribution in [0.25, 0.3) is 0 Å². The average Bonchev–Trinajstić information content (AvgIpc) is 2.69. The van der Waals surface area contributed by atoms with E-state index in [-0.39, 0.29) is 6.10 Å². The second-order valence-electron chi connectivity index (χ2n) is 7.83. The molecule has 0 unspecified atom stereocenters. The van der Waals surface area contributed by atoms with E-state index in [9.17, 15) is 0 Å². The van der Waals surface area contributed by atoms with Crippen molar-refractivity contribution in [3.63, 3.8) is 0 Å². The fraction of sp³-hybridized carbons (Fsp3) is 0.500. The minimum atomic E-state index is 0.206. The van der Waals surface area contributed by atoms with E-state index in [1.165, 1.54) is 44.1 Å². The number of hydrogen-bond donors (Lipinski definition) is 1. The van der Waals surface area contributed by atoms with Crippen LogP contribution in [0.4, 0.5) is 5.69 Å². The molecule has 0 radical (unpaired) electrons. The van der Waals surface area contributed by atoms with E-state index in [4.69, 9.17) is 9.47 Å². The lowest BCUT2D eigenvalue weighted by molar-refractivity contribution is 0.242. The minimum Gasteiger partial charge on any atom is -0.494 e. The third-order valence-corrected chi connectivity index (χ3v) is 5.17. The molecule has 0 bridgehead atoms. The number of ether oxygens (including phenoxy) is 2. The van der Waals surface area contributed by atoms with E-state index >= 15 is 0 Å². The average molecular weight is 368 g/mol. The fourth-order valence-electron chi connectivity index (χ4n) is 3.65. The maximum absolute atomic E-state index is 5.93. The van der Waals surface area contributed by atoms with Crippen LogP contribution in [-0.4, -0.2) is 12.7 Å². The highest BCUT2D eigenvalue weighted by Crippen LogP contribution is 2.26. The van der Waals surface area contributed by atoms with E-state index in [2.05, 4.69) is 41.7 Å². The highest BCUT2D eigenvalue weighted by molar-refractivity contribution is 5.47. The Morgan fingerprint density at radius 1 is 0.889 bits per heavy atom. The lowest BCUT2D eigenvalue weighted by Gasteiger charge is -2.21. The molecule has 3 rings (SSSR count). The third-order valence-electron chi connectivity index (χ3n) is 5.17. The molecule has 0 saturated heterocycles. The SMILES string of the molecule is CC(C)Oc1ccc(CNc2ccc(OCCC3CCCCC3)cc2)cc1. The van der Waals surface area contributed by atoms with Gasteiger partial charge in [-0.1, -0.05) is 44.2 Å². The van der Waals surface area contributed by atoms with E-state index in [0.29, 0.717) is 0 Å². The second kappa shape index (κ2) is 10.2. The van der Waals surface area contributed by atoms with Gasteiger partial charge in [-0.2, -0.15) is 0 Å². The summed E-state index contributed by atoms with van der Waals surface area (Å²) in [5, 5.41) is 3.46. The van der Waals surface area contributed by atoms with Gasteiger partial charge in [0.1, 0.15) is 11.5 Å². The maximum atomic E-state index is 5.93. The van der Waals surface area contributed by atoms with Gasteiger partial charge in [-0.15, -0.1) is 0 Å². The summed E-state index contributed by atoms with van der Waals surface area (Å²) in [6.07, 6.45) is 8.39. The molecule has 0 aliphatic heterocycles. The van der Waals surface area contributed by atoms with E-state index in [1.54, 1.807) is 0 Å². The van der Waals surface area contributed by atoms with Gasteiger partial charge in [-0.25, -0.2) is 0 Å². The highest BCUT2D eigenvalue weighted by Gasteiger charge is 2.13. The molecule has 3 nitrogen and oxygen atoms in total. The van der Waals surface area contributed by atoms with Crippen LogP contribution in [0.5, 0.6) is 11.5 Å². The first-order valence-electron chi connectivity index (χ1n) is 10.4. The summed E-state index contributed by atoms with van der Waals surface area (Å²) in [5.41, 5.74) is 2.34. The van der Waals surface area contributed by atoms with Gasteiger partial charge in [0.15, 0.2) is 0 Å².